The van der Waals surface area contributed by atoms with Gasteiger partial charge in [-0.1, -0.05) is 24.3 Å². The van der Waals surface area contributed by atoms with E-state index in [0.29, 0.717) is 17.0 Å². The van der Waals surface area contributed by atoms with Crippen LogP contribution >= 0.6 is 0 Å². The fraction of sp³-hybridized carbons (Fsp3) is 0.129. The molecule has 0 spiro atoms. The number of fused-ring (bicyclic) bond motifs is 5. The standard InChI is InChI=1S/C31H22F3N5O7/c1-44-18-9-10-19(25(40)12-18)24-13-21-16-5-4-6-17(11-16)38-46-29(42)23(36)15-39(27(37-24)22(21)14-35)28(41)20-7-2-3-8-26(20)45-30(43)31(32,33)34/h2-13,23,38,40H,15,36H2,1H3. The van der Waals surface area contributed by atoms with Crippen LogP contribution in [0.15, 0.2) is 72.8 Å². The molecule has 1 unspecified atom stereocenters. The van der Waals surface area contributed by atoms with Crippen LogP contribution in [0.4, 0.5) is 24.7 Å². The van der Waals surface area contributed by atoms with Gasteiger partial charge in [-0.05, 0) is 48.0 Å². The quantitative estimate of drug-likeness (QED) is 0.215. The van der Waals surface area contributed by atoms with Gasteiger partial charge in [0.2, 0.25) is 0 Å². The lowest BCUT2D eigenvalue weighted by atomic mass is 9.97. The van der Waals surface area contributed by atoms with Crippen molar-refractivity contribution >= 4 is 29.4 Å². The number of hydrogen-bond donors (Lipinski definition) is 3. The number of amides is 1. The van der Waals surface area contributed by atoms with Crippen molar-refractivity contribution in [2.45, 2.75) is 12.2 Å². The summed E-state index contributed by atoms with van der Waals surface area (Å²) in [5.41, 5.74) is 8.99. The molecule has 46 heavy (non-hydrogen) atoms. The molecular formula is C31H22F3N5O7. The van der Waals surface area contributed by atoms with Gasteiger partial charge in [-0.15, -0.1) is 0 Å². The van der Waals surface area contributed by atoms with Crippen LogP contribution in [-0.2, 0) is 14.4 Å². The Bertz CT molecular complexity index is 1910. The van der Waals surface area contributed by atoms with Gasteiger partial charge in [0.1, 0.15) is 34.9 Å². The Morgan fingerprint density at radius 1 is 1.11 bits per heavy atom. The first-order valence-corrected chi connectivity index (χ1v) is 13.3. The molecule has 0 fully saturated rings. The van der Waals surface area contributed by atoms with Crippen molar-refractivity contribution in [3.63, 3.8) is 0 Å². The molecule has 12 nitrogen and oxygen atoms in total. The highest BCUT2D eigenvalue weighted by molar-refractivity contribution is 6.09. The number of para-hydroxylation sites is 1. The number of methoxy groups -OCH3 is 1. The number of aromatic hydroxyl groups is 1. The number of esters is 1. The van der Waals surface area contributed by atoms with E-state index in [1.165, 1.54) is 49.6 Å². The number of benzene rings is 3. The van der Waals surface area contributed by atoms with E-state index in [1.807, 2.05) is 6.07 Å². The number of aromatic nitrogens is 1. The minimum absolute atomic E-state index is 0.0605. The Kier molecular flexibility index (Phi) is 8.48. The van der Waals surface area contributed by atoms with Crippen LogP contribution in [-0.4, -0.2) is 53.8 Å². The monoisotopic (exact) mass is 633 g/mol. The molecule has 1 aromatic heterocycles. The number of pyridine rings is 1. The molecule has 234 valence electrons. The van der Waals surface area contributed by atoms with Crippen molar-refractivity contribution in [1.82, 2.24) is 4.98 Å². The summed E-state index contributed by atoms with van der Waals surface area (Å²) in [5, 5.41) is 21.3. The fourth-order valence-electron chi connectivity index (χ4n) is 4.57. The van der Waals surface area contributed by atoms with E-state index in [1.54, 1.807) is 18.2 Å². The van der Waals surface area contributed by atoms with E-state index in [0.717, 1.165) is 17.0 Å². The molecule has 1 amide bonds. The molecule has 1 atom stereocenters. The molecule has 3 aromatic carbocycles. The van der Waals surface area contributed by atoms with Gasteiger partial charge in [0.05, 0.1) is 30.6 Å². The molecule has 0 radical (unpaired) electrons. The van der Waals surface area contributed by atoms with Crippen LogP contribution in [0.5, 0.6) is 17.2 Å². The van der Waals surface area contributed by atoms with Gasteiger partial charge >= 0.3 is 18.1 Å². The van der Waals surface area contributed by atoms with E-state index in [2.05, 4.69) is 15.2 Å². The van der Waals surface area contributed by atoms with Crippen molar-refractivity contribution in [1.29, 1.82) is 5.26 Å². The van der Waals surface area contributed by atoms with E-state index in [-0.39, 0.29) is 34.0 Å². The molecule has 1 aliphatic heterocycles. The highest BCUT2D eigenvalue weighted by Gasteiger charge is 2.42. The van der Waals surface area contributed by atoms with Crippen molar-refractivity contribution in [3.8, 4) is 45.7 Å². The van der Waals surface area contributed by atoms with E-state index >= 15 is 0 Å². The molecule has 5 rings (SSSR count). The highest BCUT2D eigenvalue weighted by Crippen LogP contribution is 2.39. The summed E-state index contributed by atoms with van der Waals surface area (Å²) in [4.78, 5) is 49.1. The molecule has 0 saturated carbocycles. The van der Waals surface area contributed by atoms with E-state index < -0.39 is 47.9 Å². The Hall–Kier alpha value is -6.14. The third-order valence-electron chi connectivity index (χ3n) is 6.77. The number of rotatable bonds is 4. The number of alkyl halides is 3. The van der Waals surface area contributed by atoms with Gasteiger partial charge in [0, 0.05) is 17.2 Å². The molecule has 2 heterocycles. The molecular weight excluding hydrogens is 611 g/mol. The average Bonchev–Trinajstić information content (AvgIpc) is 3.04. The maximum Gasteiger partial charge on any atom is 0.491 e. The molecule has 4 N–H and O–H groups in total. The molecule has 15 heteroatoms. The van der Waals surface area contributed by atoms with Crippen molar-refractivity contribution < 1.29 is 47.0 Å². The summed E-state index contributed by atoms with van der Waals surface area (Å²) in [6.07, 6.45) is -5.38. The van der Waals surface area contributed by atoms with Crippen LogP contribution < -0.4 is 25.6 Å². The van der Waals surface area contributed by atoms with Crippen LogP contribution in [0.25, 0.3) is 22.4 Å². The second-order valence-corrected chi connectivity index (χ2v) is 9.76. The maximum absolute atomic E-state index is 14.2. The zero-order valence-electron chi connectivity index (χ0n) is 23.7. The molecule has 0 aliphatic carbocycles. The topological polar surface area (TPSA) is 177 Å². The summed E-state index contributed by atoms with van der Waals surface area (Å²) >= 11 is 0. The minimum atomic E-state index is -5.38. The van der Waals surface area contributed by atoms with Crippen LogP contribution in [0, 0.1) is 11.3 Å². The number of nitriles is 1. The lowest BCUT2D eigenvalue weighted by molar-refractivity contribution is -0.189. The largest absolute Gasteiger partial charge is 0.507 e. The number of nitrogens with two attached hydrogens (primary N) is 1. The second kappa shape index (κ2) is 12.5. The number of phenols is 1. The van der Waals surface area contributed by atoms with Gasteiger partial charge in [-0.2, -0.15) is 18.4 Å². The Labute approximate surface area is 258 Å². The number of phenolic OH excluding ortho intramolecular Hbond substituents is 1. The number of hydrogen-bond acceptors (Lipinski definition) is 11. The lowest BCUT2D eigenvalue weighted by Gasteiger charge is -2.28. The summed E-state index contributed by atoms with van der Waals surface area (Å²) in [5.74, 6) is -5.82. The average molecular weight is 634 g/mol. The molecule has 4 aromatic rings. The zero-order chi connectivity index (χ0) is 33.2. The fourth-order valence-corrected chi connectivity index (χ4v) is 4.57. The van der Waals surface area contributed by atoms with Gasteiger partial charge in [0.25, 0.3) is 5.91 Å². The lowest BCUT2D eigenvalue weighted by Crippen LogP contribution is -2.47. The zero-order valence-corrected chi connectivity index (χ0v) is 23.7. The van der Waals surface area contributed by atoms with Gasteiger partial charge in [-0.3, -0.25) is 9.69 Å². The maximum atomic E-state index is 14.2. The predicted molar refractivity (Wildman–Crippen MR) is 156 cm³/mol. The molecule has 1 aliphatic rings. The summed E-state index contributed by atoms with van der Waals surface area (Å²) < 4.78 is 48.9. The van der Waals surface area contributed by atoms with E-state index in [9.17, 15) is 37.9 Å². The smallest absolute Gasteiger partial charge is 0.491 e. The normalized spacial score (nSPS) is 14.5. The van der Waals surface area contributed by atoms with Gasteiger partial charge in [0.15, 0.2) is 5.82 Å². The Balaban J connectivity index is 1.78. The summed E-state index contributed by atoms with van der Waals surface area (Å²) in [6, 6.07) is 17.2. The van der Waals surface area contributed by atoms with Crippen LogP contribution in [0.2, 0.25) is 0 Å². The first-order valence-electron chi connectivity index (χ1n) is 13.3. The number of carbonyl (C=O) groups is 3. The Morgan fingerprint density at radius 3 is 2.57 bits per heavy atom. The van der Waals surface area contributed by atoms with E-state index in [4.69, 9.17) is 15.3 Å². The van der Waals surface area contributed by atoms with Crippen molar-refractivity contribution in [2.24, 2.45) is 5.73 Å². The van der Waals surface area contributed by atoms with Crippen molar-refractivity contribution in [3.05, 3.63) is 83.9 Å². The highest BCUT2D eigenvalue weighted by atomic mass is 19.4. The Morgan fingerprint density at radius 2 is 1.87 bits per heavy atom. The number of nitrogens with zero attached hydrogens (tertiary/aromatic N) is 3. The van der Waals surface area contributed by atoms with Crippen molar-refractivity contribution in [2.75, 3.05) is 24.0 Å². The third kappa shape index (κ3) is 6.23. The SMILES string of the molecule is COc1ccc(-c2cc3c(C#N)c(n2)N(C(=O)c2ccccc2OC(=O)C(F)(F)F)CC(N)C(=O)ONc2cccc-3c2)c(O)c1. The predicted octanol–water partition coefficient (Wildman–Crippen LogP) is 4.33. The number of anilines is 2. The van der Waals surface area contributed by atoms with Crippen LogP contribution in [0.3, 0.4) is 0 Å². The number of ether oxygens (including phenoxy) is 2. The number of carbonyl (C=O) groups excluding carboxylic acids is 3. The second-order valence-electron chi connectivity index (χ2n) is 9.76. The molecule has 0 saturated heterocycles. The first-order chi connectivity index (χ1) is 21.9. The summed E-state index contributed by atoms with van der Waals surface area (Å²) in [7, 11) is 1.40. The van der Waals surface area contributed by atoms with Gasteiger partial charge in [-0.25, -0.2) is 20.1 Å². The van der Waals surface area contributed by atoms with Gasteiger partial charge < -0.3 is 25.2 Å². The minimum Gasteiger partial charge on any atom is -0.507 e. The third-order valence-corrected chi connectivity index (χ3v) is 6.77. The number of halogens is 3. The molecule has 4 bridgehead atoms. The first kappa shape index (κ1) is 31.3. The van der Waals surface area contributed by atoms with Crippen LogP contribution in [0.1, 0.15) is 15.9 Å². The summed E-state index contributed by atoms with van der Waals surface area (Å²) in [6.45, 7) is -0.700. The number of nitrogens with one attached hydrogen (secondary N) is 1.